The van der Waals surface area contributed by atoms with Crippen molar-refractivity contribution in [3.05, 3.63) is 59.2 Å². The minimum absolute atomic E-state index is 0.534. The lowest BCUT2D eigenvalue weighted by molar-refractivity contribution is 0.145. The molecule has 1 aliphatic rings. The Kier molecular flexibility index (Phi) is 9.37. The lowest BCUT2D eigenvalue weighted by Crippen LogP contribution is -2.36. The highest BCUT2D eigenvalue weighted by atomic mass is 32.2. The zero-order valence-corrected chi connectivity index (χ0v) is 19.6. The number of guanidine groups is 1. The predicted molar refractivity (Wildman–Crippen MR) is 132 cm³/mol. The van der Waals surface area contributed by atoms with Gasteiger partial charge in [0.2, 0.25) is 0 Å². The second-order valence-electron chi connectivity index (χ2n) is 7.50. The number of thioether (sulfide) groups is 1. The topological polar surface area (TPSA) is 58.1 Å². The molecule has 1 heterocycles. The molecule has 0 aliphatic carbocycles. The van der Waals surface area contributed by atoms with Crippen LogP contribution in [0.3, 0.4) is 0 Å². The monoisotopic (exact) mass is 442 g/mol. The summed E-state index contributed by atoms with van der Waals surface area (Å²) >= 11 is 2.03. The number of nitrogens with zero attached hydrogens (tertiary/aromatic N) is 2. The Morgan fingerprint density at radius 3 is 2.48 bits per heavy atom. The van der Waals surface area contributed by atoms with Crippen LogP contribution < -0.4 is 20.3 Å². The minimum atomic E-state index is 0.534. The molecule has 7 heteroatoms. The van der Waals surface area contributed by atoms with E-state index in [2.05, 4.69) is 69.9 Å². The Hall–Kier alpha value is -2.38. The molecule has 0 bridgehead atoms. The molecule has 2 aromatic rings. The van der Waals surface area contributed by atoms with E-state index in [0.717, 1.165) is 36.9 Å². The SMILES string of the molecule is CN=C(NCc1ccc(N2CCSCC2)cc1)NCc1ccc(C)cc1OCCOC. The van der Waals surface area contributed by atoms with Gasteiger partial charge < -0.3 is 25.0 Å². The first-order chi connectivity index (χ1) is 15.2. The van der Waals surface area contributed by atoms with E-state index in [1.54, 1.807) is 14.2 Å². The molecule has 0 unspecified atom stereocenters. The molecule has 0 radical (unpaired) electrons. The third-order valence-corrected chi connectivity index (χ3v) is 6.15. The van der Waals surface area contributed by atoms with E-state index in [-0.39, 0.29) is 0 Å². The van der Waals surface area contributed by atoms with Gasteiger partial charge in [-0.15, -0.1) is 0 Å². The van der Waals surface area contributed by atoms with Gasteiger partial charge in [-0.1, -0.05) is 24.3 Å². The lowest BCUT2D eigenvalue weighted by atomic mass is 10.1. The molecular formula is C24H34N4O2S. The van der Waals surface area contributed by atoms with Crippen molar-refractivity contribution in [1.29, 1.82) is 0 Å². The van der Waals surface area contributed by atoms with Gasteiger partial charge in [-0.2, -0.15) is 11.8 Å². The maximum absolute atomic E-state index is 5.88. The Morgan fingerprint density at radius 1 is 1.03 bits per heavy atom. The summed E-state index contributed by atoms with van der Waals surface area (Å²) in [6.07, 6.45) is 0. The fourth-order valence-corrected chi connectivity index (χ4v) is 4.31. The average molecular weight is 443 g/mol. The van der Waals surface area contributed by atoms with Crippen LogP contribution in [0.25, 0.3) is 0 Å². The van der Waals surface area contributed by atoms with Crippen molar-refractivity contribution in [1.82, 2.24) is 10.6 Å². The molecule has 0 saturated carbocycles. The molecule has 1 aliphatic heterocycles. The Morgan fingerprint density at radius 2 is 1.77 bits per heavy atom. The summed E-state index contributed by atoms with van der Waals surface area (Å²) in [6.45, 7) is 6.79. The zero-order chi connectivity index (χ0) is 21.9. The Labute approximate surface area is 190 Å². The first-order valence-corrected chi connectivity index (χ1v) is 11.9. The van der Waals surface area contributed by atoms with Crippen molar-refractivity contribution in [3.8, 4) is 5.75 Å². The zero-order valence-electron chi connectivity index (χ0n) is 18.8. The van der Waals surface area contributed by atoms with Crippen LogP contribution in [-0.2, 0) is 17.8 Å². The second-order valence-corrected chi connectivity index (χ2v) is 8.72. The van der Waals surface area contributed by atoms with Crippen molar-refractivity contribution in [2.24, 2.45) is 4.99 Å². The van der Waals surface area contributed by atoms with Crippen molar-refractivity contribution < 1.29 is 9.47 Å². The second kappa shape index (κ2) is 12.5. The van der Waals surface area contributed by atoms with Crippen LogP contribution in [0.4, 0.5) is 5.69 Å². The first kappa shape index (κ1) is 23.3. The molecule has 6 nitrogen and oxygen atoms in total. The Balaban J connectivity index is 1.51. The molecule has 2 N–H and O–H groups in total. The number of anilines is 1. The van der Waals surface area contributed by atoms with Gasteiger partial charge in [0, 0.05) is 63.1 Å². The Bertz CT molecular complexity index is 836. The van der Waals surface area contributed by atoms with Crippen LogP contribution in [0.15, 0.2) is 47.5 Å². The van der Waals surface area contributed by atoms with Crippen LogP contribution in [0.5, 0.6) is 5.75 Å². The number of hydrogen-bond donors (Lipinski definition) is 2. The van der Waals surface area contributed by atoms with E-state index in [1.165, 1.54) is 28.3 Å². The van der Waals surface area contributed by atoms with Gasteiger partial charge in [0.25, 0.3) is 0 Å². The quantitative estimate of drug-likeness (QED) is 0.353. The number of ether oxygens (including phenoxy) is 2. The molecule has 0 spiro atoms. The van der Waals surface area contributed by atoms with Gasteiger partial charge >= 0.3 is 0 Å². The molecule has 0 aromatic heterocycles. The molecule has 2 aromatic carbocycles. The standard InChI is InChI=1S/C24H34N4O2S/c1-19-4-7-21(23(16-19)30-13-12-29-3)18-27-24(25-2)26-17-20-5-8-22(9-6-20)28-10-14-31-15-11-28/h4-9,16H,10-15,17-18H2,1-3H3,(H2,25,26,27). The molecule has 168 valence electrons. The molecule has 0 amide bonds. The molecule has 31 heavy (non-hydrogen) atoms. The highest BCUT2D eigenvalue weighted by Crippen LogP contribution is 2.21. The van der Waals surface area contributed by atoms with Crippen LogP contribution in [-0.4, -0.2) is 57.9 Å². The highest BCUT2D eigenvalue weighted by Gasteiger charge is 2.11. The summed E-state index contributed by atoms with van der Waals surface area (Å²) in [5.41, 5.74) is 4.81. The lowest BCUT2D eigenvalue weighted by Gasteiger charge is -2.28. The van der Waals surface area contributed by atoms with Gasteiger partial charge in [0.05, 0.1) is 6.61 Å². The maximum atomic E-state index is 5.88. The average Bonchev–Trinajstić information content (AvgIpc) is 2.81. The van der Waals surface area contributed by atoms with Crippen LogP contribution in [0, 0.1) is 6.92 Å². The smallest absolute Gasteiger partial charge is 0.191 e. The number of methoxy groups -OCH3 is 1. The number of rotatable bonds is 9. The van der Waals surface area contributed by atoms with E-state index >= 15 is 0 Å². The third kappa shape index (κ3) is 7.36. The summed E-state index contributed by atoms with van der Waals surface area (Å²) in [6, 6.07) is 15.1. The van der Waals surface area contributed by atoms with E-state index in [9.17, 15) is 0 Å². The molecule has 1 saturated heterocycles. The van der Waals surface area contributed by atoms with Crippen molar-refractivity contribution in [2.45, 2.75) is 20.0 Å². The van der Waals surface area contributed by atoms with Crippen LogP contribution in [0.2, 0.25) is 0 Å². The first-order valence-electron chi connectivity index (χ1n) is 10.8. The summed E-state index contributed by atoms with van der Waals surface area (Å²) in [5.74, 6) is 4.07. The minimum Gasteiger partial charge on any atom is -0.491 e. The third-order valence-electron chi connectivity index (χ3n) is 5.21. The number of benzene rings is 2. The maximum Gasteiger partial charge on any atom is 0.191 e. The summed E-state index contributed by atoms with van der Waals surface area (Å²) in [4.78, 5) is 6.82. The fraction of sp³-hybridized carbons (Fsp3) is 0.458. The van der Waals surface area contributed by atoms with E-state index in [4.69, 9.17) is 9.47 Å². The molecule has 0 atom stereocenters. The van der Waals surface area contributed by atoms with Gasteiger partial charge in [0.1, 0.15) is 12.4 Å². The van der Waals surface area contributed by atoms with Crippen molar-refractivity contribution in [3.63, 3.8) is 0 Å². The molecule has 1 fully saturated rings. The molecule has 3 rings (SSSR count). The van der Waals surface area contributed by atoms with Crippen LogP contribution in [0.1, 0.15) is 16.7 Å². The highest BCUT2D eigenvalue weighted by molar-refractivity contribution is 7.99. The number of aliphatic imine (C=N–C) groups is 1. The number of hydrogen-bond acceptors (Lipinski definition) is 5. The normalized spacial score (nSPS) is 14.4. The van der Waals surface area contributed by atoms with Crippen molar-refractivity contribution in [2.75, 3.05) is 56.9 Å². The van der Waals surface area contributed by atoms with E-state index in [1.807, 2.05) is 11.8 Å². The van der Waals surface area contributed by atoms with Gasteiger partial charge in [0.15, 0.2) is 5.96 Å². The summed E-state index contributed by atoms with van der Waals surface area (Å²) < 4.78 is 11.0. The van der Waals surface area contributed by atoms with E-state index in [0.29, 0.717) is 19.8 Å². The summed E-state index contributed by atoms with van der Waals surface area (Å²) in [5, 5.41) is 6.79. The summed E-state index contributed by atoms with van der Waals surface area (Å²) in [7, 11) is 3.47. The number of nitrogens with one attached hydrogen (secondary N) is 2. The van der Waals surface area contributed by atoms with Gasteiger partial charge in [-0.3, -0.25) is 4.99 Å². The largest absolute Gasteiger partial charge is 0.491 e. The van der Waals surface area contributed by atoms with E-state index < -0.39 is 0 Å². The van der Waals surface area contributed by atoms with Gasteiger partial charge in [-0.05, 0) is 36.2 Å². The predicted octanol–water partition coefficient (Wildman–Crippen LogP) is 3.44. The fourth-order valence-electron chi connectivity index (χ4n) is 3.41. The van der Waals surface area contributed by atoms with Crippen molar-refractivity contribution >= 4 is 23.4 Å². The number of aryl methyl sites for hydroxylation is 1. The van der Waals surface area contributed by atoms with Gasteiger partial charge in [-0.25, -0.2) is 0 Å². The molecular weight excluding hydrogens is 408 g/mol. The van der Waals surface area contributed by atoms with Crippen LogP contribution >= 0.6 is 11.8 Å².